The number of carbonyl (C=O) groups is 3. The fraction of sp³-hybridized carbons (Fsp3) is 0.500. The lowest BCUT2D eigenvalue weighted by atomic mass is 9.87. The number of unbranched alkanes of at least 4 members (excludes halogenated alkanes) is 1. The smallest absolute Gasteiger partial charge is 0.326 e. The number of ether oxygens (including phenoxy) is 1. The number of carboxylic acids is 1. The SMILES string of the molecule is COc1ccc(CC(NC(=O)[C@H](CCCCN)NS(C)(=O)=O)P(=O)(O)CC2(C(=O)N[C@@H](Cc3c[nH]c4ccccc34)C(=O)O)CCCC2)cc1. The molecule has 0 saturated heterocycles. The normalized spacial score (nSPS) is 17.4. The molecule has 1 saturated carbocycles. The number of hydrogen-bond acceptors (Lipinski definition) is 8. The number of H-pyrrole nitrogens is 1. The minimum absolute atomic E-state index is 0.00696. The number of amides is 2. The number of benzene rings is 2. The van der Waals surface area contributed by atoms with E-state index in [9.17, 15) is 37.4 Å². The molecule has 0 bridgehead atoms. The van der Waals surface area contributed by atoms with Crippen molar-refractivity contribution in [1.82, 2.24) is 20.3 Å². The third kappa shape index (κ3) is 10.4. The van der Waals surface area contributed by atoms with Crippen molar-refractivity contribution in [3.05, 3.63) is 65.9 Å². The van der Waals surface area contributed by atoms with Crippen LogP contribution >= 0.6 is 7.37 Å². The number of para-hydroxylation sites is 1. The highest BCUT2D eigenvalue weighted by Gasteiger charge is 2.49. The molecule has 274 valence electrons. The van der Waals surface area contributed by atoms with E-state index in [1.165, 1.54) is 7.11 Å². The van der Waals surface area contributed by atoms with Crippen LogP contribution in [0.2, 0.25) is 0 Å². The molecule has 1 fully saturated rings. The third-order valence-electron chi connectivity index (χ3n) is 9.28. The first-order valence-electron chi connectivity index (χ1n) is 16.7. The average Bonchev–Trinajstić information content (AvgIpc) is 3.71. The third-order valence-corrected chi connectivity index (χ3v) is 12.3. The first-order valence-corrected chi connectivity index (χ1v) is 20.5. The molecular formula is C34H48N5O9PS. The largest absolute Gasteiger partial charge is 0.497 e. The van der Waals surface area contributed by atoms with Crippen LogP contribution in [-0.4, -0.2) is 85.1 Å². The fourth-order valence-corrected chi connectivity index (χ4v) is 9.74. The maximum absolute atomic E-state index is 14.5. The second-order valence-corrected chi connectivity index (χ2v) is 17.4. The molecule has 0 aliphatic heterocycles. The monoisotopic (exact) mass is 733 g/mol. The highest BCUT2D eigenvalue weighted by atomic mass is 32.2. The molecule has 1 aromatic heterocycles. The maximum atomic E-state index is 14.5. The molecular weight excluding hydrogens is 685 g/mol. The van der Waals surface area contributed by atoms with Crippen LogP contribution in [0.3, 0.4) is 0 Å². The van der Waals surface area contributed by atoms with Gasteiger partial charge in [0.2, 0.25) is 29.2 Å². The van der Waals surface area contributed by atoms with Gasteiger partial charge in [0.1, 0.15) is 23.6 Å². The Labute approximate surface area is 292 Å². The van der Waals surface area contributed by atoms with Crippen molar-refractivity contribution in [2.45, 2.75) is 75.7 Å². The molecule has 2 aromatic carbocycles. The Bertz CT molecular complexity index is 1790. The number of nitrogens with two attached hydrogens (primary N) is 1. The van der Waals surface area contributed by atoms with Gasteiger partial charge < -0.3 is 36.1 Å². The van der Waals surface area contributed by atoms with E-state index >= 15 is 0 Å². The van der Waals surface area contributed by atoms with Crippen LogP contribution in [0.1, 0.15) is 56.1 Å². The zero-order chi connectivity index (χ0) is 36.5. The Morgan fingerprint density at radius 2 is 1.70 bits per heavy atom. The lowest BCUT2D eigenvalue weighted by Gasteiger charge is -2.34. The number of fused-ring (bicyclic) bond motifs is 1. The summed E-state index contributed by atoms with van der Waals surface area (Å²) in [7, 11) is -6.78. The molecule has 4 rings (SSSR count). The molecule has 1 heterocycles. The summed E-state index contributed by atoms with van der Waals surface area (Å²) in [5.74, 6) is -3.50. The Hall–Kier alpha value is -3.75. The van der Waals surface area contributed by atoms with Crippen molar-refractivity contribution in [2.24, 2.45) is 11.1 Å². The van der Waals surface area contributed by atoms with Gasteiger partial charge in [-0.15, -0.1) is 0 Å². The van der Waals surface area contributed by atoms with Crippen LogP contribution in [0.4, 0.5) is 0 Å². The second kappa shape index (κ2) is 17.0. The number of hydrogen-bond donors (Lipinski definition) is 7. The summed E-state index contributed by atoms with van der Waals surface area (Å²) in [4.78, 5) is 55.0. The van der Waals surface area contributed by atoms with Crippen LogP contribution in [-0.2, 0) is 41.8 Å². The van der Waals surface area contributed by atoms with Crippen molar-refractivity contribution in [2.75, 3.05) is 26.1 Å². The van der Waals surface area contributed by atoms with E-state index < -0.39 is 64.6 Å². The number of sulfonamides is 1. The number of carbonyl (C=O) groups excluding carboxylic acids is 2. The summed E-state index contributed by atoms with van der Waals surface area (Å²) in [5.41, 5.74) is 6.34. The van der Waals surface area contributed by atoms with Gasteiger partial charge in [0.05, 0.1) is 18.8 Å². The van der Waals surface area contributed by atoms with Crippen LogP contribution in [0, 0.1) is 5.41 Å². The number of aliphatic carboxylic acids is 1. The van der Waals surface area contributed by atoms with Crippen LogP contribution in [0.5, 0.6) is 5.75 Å². The van der Waals surface area contributed by atoms with Crippen molar-refractivity contribution in [3.63, 3.8) is 0 Å². The van der Waals surface area contributed by atoms with E-state index in [1.807, 2.05) is 24.3 Å². The summed E-state index contributed by atoms with van der Waals surface area (Å²) in [5, 5.41) is 16.3. The highest BCUT2D eigenvalue weighted by Crippen LogP contribution is 2.55. The first kappa shape index (κ1) is 39.0. The van der Waals surface area contributed by atoms with Crippen molar-refractivity contribution in [1.29, 1.82) is 0 Å². The molecule has 16 heteroatoms. The highest BCUT2D eigenvalue weighted by molar-refractivity contribution is 7.88. The molecule has 3 aromatic rings. The van der Waals surface area contributed by atoms with Gasteiger partial charge in [-0.25, -0.2) is 17.9 Å². The minimum Gasteiger partial charge on any atom is -0.497 e. The number of nitrogens with one attached hydrogen (secondary N) is 4. The predicted octanol–water partition coefficient (Wildman–Crippen LogP) is 2.85. The minimum atomic E-state index is -4.46. The van der Waals surface area contributed by atoms with Crippen molar-refractivity contribution >= 4 is 46.1 Å². The molecule has 2 amide bonds. The van der Waals surface area contributed by atoms with E-state index in [-0.39, 0.29) is 32.1 Å². The van der Waals surface area contributed by atoms with Gasteiger partial charge in [-0.3, -0.25) is 14.2 Å². The molecule has 0 radical (unpaired) electrons. The molecule has 50 heavy (non-hydrogen) atoms. The van der Waals surface area contributed by atoms with Gasteiger partial charge in [0, 0.05) is 36.1 Å². The first-order chi connectivity index (χ1) is 23.7. The standard InChI is InChI=1S/C34H48N5O9PS/c1-48-25-14-12-23(13-15-25)19-30(38-31(40)28(11-5-8-18-35)39-50(2,46)47)49(44,45)22-34(16-6-7-17-34)33(43)37-29(32(41)42)20-24-21-36-27-10-4-3-9-26(24)27/h3-4,9-10,12-15,21,28-30,36,39H,5-8,11,16-20,22,35H2,1-2H3,(H,37,43)(H,38,40)(H,41,42)(H,44,45)/t28-,29-,30?/m0/s1. The van der Waals surface area contributed by atoms with E-state index in [0.29, 0.717) is 49.1 Å². The van der Waals surface area contributed by atoms with Gasteiger partial charge in [-0.2, -0.15) is 0 Å². The second-order valence-electron chi connectivity index (χ2n) is 13.1. The molecule has 14 nitrogen and oxygen atoms in total. The Morgan fingerprint density at radius 3 is 2.32 bits per heavy atom. The van der Waals surface area contributed by atoms with Gasteiger partial charge in [-0.1, -0.05) is 49.6 Å². The molecule has 8 N–H and O–H groups in total. The topological polar surface area (TPSA) is 230 Å². The summed E-state index contributed by atoms with van der Waals surface area (Å²) >= 11 is 0. The van der Waals surface area contributed by atoms with Crippen LogP contribution < -0.4 is 25.8 Å². The van der Waals surface area contributed by atoms with Crippen LogP contribution in [0.15, 0.2) is 54.7 Å². The van der Waals surface area contributed by atoms with Gasteiger partial charge in [-0.05, 0) is 61.6 Å². The Morgan fingerprint density at radius 1 is 1.02 bits per heavy atom. The zero-order valence-electron chi connectivity index (χ0n) is 28.4. The number of carboxylic acid groups (broad SMARTS) is 1. The number of aromatic nitrogens is 1. The van der Waals surface area contributed by atoms with Crippen LogP contribution in [0.25, 0.3) is 10.9 Å². The summed E-state index contributed by atoms with van der Waals surface area (Å²) in [6.45, 7) is 0.341. The lowest BCUT2D eigenvalue weighted by Crippen LogP contribution is -2.52. The summed E-state index contributed by atoms with van der Waals surface area (Å²) < 4.78 is 46.3. The molecule has 4 atom stereocenters. The lowest BCUT2D eigenvalue weighted by molar-refractivity contribution is -0.143. The molecule has 2 unspecified atom stereocenters. The average molecular weight is 734 g/mol. The summed E-state index contributed by atoms with van der Waals surface area (Å²) in [6, 6.07) is 11.6. The van der Waals surface area contributed by atoms with E-state index in [1.54, 1.807) is 30.5 Å². The van der Waals surface area contributed by atoms with E-state index in [2.05, 4.69) is 20.3 Å². The summed E-state index contributed by atoms with van der Waals surface area (Å²) in [6.07, 6.45) is 4.77. The quantitative estimate of drug-likeness (QED) is 0.0704. The van der Waals surface area contributed by atoms with E-state index in [0.717, 1.165) is 17.2 Å². The molecule has 1 aliphatic rings. The van der Waals surface area contributed by atoms with E-state index in [4.69, 9.17) is 10.5 Å². The van der Waals surface area contributed by atoms with Gasteiger partial charge in [0.15, 0.2) is 0 Å². The van der Waals surface area contributed by atoms with Gasteiger partial charge >= 0.3 is 5.97 Å². The maximum Gasteiger partial charge on any atom is 0.326 e. The van der Waals surface area contributed by atoms with Crippen molar-refractivity contribution < 1.29 is 42.1 Å². The molecule has 1 aliphatic carbocycles. The van der Waals surface area contributed by atoms with Gasteiger partial charge in [0.25, 0.3) is 0 Å². The Kier molecular flexibility index (Phi) is 13.3. The number of methoxy groups -OCH3 is 1. The zero-order valence-corrected chi connectivity index (χ0v) is 30.1. The van der Waals surface area contributed by atoms with Crippen molar-refractivity contribution in [3.8, 4) is 5.75 Å². The predicted molar refractivity (Wildman–Crippen MR) is 190 cm³/mol. The fourth-order valence-electron chi connectivity index (χ4n) is 6.62. The number of aromatic amines is 1. The number of rotatable bonds is 19. The molecule has 0 spiro atoms. The Balaban J connectivity index is 1.61.